The predicted octanol–water partition coefficient (Wildman–Crippen LogP) is 6.65. The van der Waals surface area contributed by atoms with Crippen molar-refractivity contribution in [3.05, 3.63) is 71.7 Å². The Labute approximate surface area is 237 Å². The van der Waals surface area contributed by atoms with Gasteiger partial charge in [-0.1, -0.05) is 35.6 Å². The Kier molecular flexibility index (Phi) is 8.20. The molecule has 0 radical (unpaired) electrons. The minimum atomic E-state index is -4.83. The zero-order valence-corrected chi connectivity index (χ0v) is 22.9. The van der Waals surface area contributed by atoms with E-state index in [2.05, 4.69) is 39.3 Å². The first-order chi connectivity index (χ1) is 19.6. The molecule has 41 heavy (non-hydrogen) atoms. The van der Waals surface area contributed by atoms with Gasteiger partial charge in [0, 0.05) is 30.9 Å². The summed E-state index contributed by atoms with van der Waals surface area (Å²) in [4.78, 5) is 29.8. The summed E-state index contributed by atoms with van der Waals surface area (Å²) in [6.07, 6.45) is 2.78. The molecule has 2 aromatic heterocycles. The van der Waals surface area contributed by atoms with Crippen LogP contribution in [0.5, 0.6) is 11.5 Å². The van der Waals surface area contributed by atoms with Crippen LogP contribution >= 0.6 is 11.3 Å². The lowest BCUT2D eigenvalue weighted by Gasteiger charge is -2.28. The fraction of sp³-hybridized carbons (Fsp3) is 0.345. The maximum atomic E-state index is 12.8. The Hall–Kier alpha value is -4.06. The molecule has 2 heterocycles. The summed E-state index contributed by atoms with van der Waals surface area (Å²) in [6, 6.07) is 12.0. The molecule has 0 unspecified atom stereocenters. The number of methoxy groups -OCH3 is 1. The van der Waals surface area contributed by atoms with E-state index in [1.807, 2.05) is 6.20 Å². The van der Waals surface area contributed by atoms with Gasteiger partial charge >= 0.3 is 12.3 Å². The van der Waals surface area contributed by atoms with Crippen molar-refractivity contribution in [1.29, 1.82) is 0 Å². The molecule has 8 nitrogen and oxygen atoms in total. The largest absolute Gasteiger partial charge is 0.573 e. The lowest BCUT2D eigenvalue weighted by atomic mass is 9.77. The molecule has 0 bridgehead atoms. The van der Waals surface area contributed by atoms with Crippen molar-refractivity contribution in [2.45, 2.75) is 50.9 Å². The first kappa shape index (κ1) is 28.5. The van der Waals surface area contributed by atoms with Gasteiger partial charge in [0.05, 0.1) is 12.0 Å². The van der Waals surface area contributed by atoms with Gasteiger partial charge in [0.1, 0.15) is 17.2 Å². The highest BCUT2D eigenvalue weighted by atomic mass is 32.1. The topological polar surface area (TPSA) is 102 Å². The zero-order valence-electron chi connectivity index (χ0n) is 22.1. The molecular formula is C29H28F3N3O5S. The van der Waals surface area contributed by atoms with Gasteiger partial charge in [0.25, 0.3) is 5.91 Å². The number of aliphatic carboxylic acids is 1. The summed E-state index contributed by atoms with van der Waals surface area (Å²) in [5, 5.41) is 11.7. The third-order valence-corrected chi connectivity index (χ3v) is 8.34. The highest BCUT2D eigenvalue weighted by Gasteiger charge is 2.31. The van der Waals surface area contributed by atoms with Crippen LogP contribution in [0.1, 0.15) is 59.6 Å². The number of nitrogens with zero attached hydrogens (tertiary/aromatic N) is 2. The Morgan fingerprint density at radius 3 is 2.46 bits per heavy atom. The Morgan fingerprint density at radius 2 is 1.83 bits per heavy atom. The van der Waals surface area contributed by atoms with Crippen LogP contribution in [0.3, 0.4) is 0 Å². The van der Waals surface area contributed by atoms with E-state index >= 15 is 0 Å². The smallest absolute Gasteiger partial charge is 0.496 e. The van der Waals surface area contributed by atoms with Gasteiger partial charge in [0.2, 0.25) is 0 Å². The summed E-state index contributed by atoms with van der Waals surface area (Å²) in [6.45, 7) is -0.0823. The van der Waals surface area contributed by atoms with Crippen molar-refractivity contribution in [1.82, 2.24) is 14.7 Å². The minimum absolute atomic E-state index is 0.0823. The van der Waals surface area contributed by atoms with Crippen LogP contribution in [-0.2, 0) is 11.3 Å². The molecule has 216 valence electrons. The second-order valence-corrected chi connectivity index (χ2v) is 11.1. The number of ether oxygens (including phenoxy) is 2. The van der Waals surface area contributed by atoms with Crippen molar-refractivity contribution < 1.29 is 37.3 Å². The van der Waals surface area contributed by atoms with Gasteiger partial charge in [-0.25, -0.2) is 4.98 Å². The predicted molar refractivity (Wildman–Crippen MR) is 146 cm³/mol. The van der Waals surface area contributed by atoms with Crippen LogP contribution in [0.4, 0.5) is 13.2 Å². The minimum Gasteiger partial charge on any atom is -0.496 e. The van der Waals surface area contributed by atoms with Crippen LogP contribution in [0.25, 0.3) is 15.4 Å². The summed E-state index contributed by atoms with van der Waals surface area (Å²) in [7, 11) is 1.38. The lowest BCUT2D eigenvalue weighted by Crippen LogP contribution is -2.23. The molecule has 1 aliphatic carbocycles. The van der Waals surface area contributed by atoms with E-state index in [1.54, 1.807) is 10.6 Å². The molecule has 0 spiro atoms. The number of amides is 1. The van der Waals surface area contributed by atoms with Crippen molar-refractivity contribution in [2.24, 2.45) is 5.92 Å². The number of thiazole rings is 1. The Balaban J connectivity index is 1.21. The summed E-state index contributed by atoms with van der Waals surface area (Å²) >= 11 is 1.44. The highest BCUT2D eigenvalue weighted by Crippen LogP contribution is 2.38. The number of nitrogens with one attached hydrogen (secondary N) is 1. The number of carbonyl (C=O) groups excluding carboxylic acids is 1. The number of halogens is 3. The van der Waals surface area contributed by atoms with Crippen LogP contribution in [0, 0.1) is 5.92 Å². The first-order valence-electron chi connectivity index (χ1n) is 13.1. The van der Waals surface area contributed by atoms with E-state index in [4.69, 9.17) is 9.84 Å². The van der Waals surface area contributed by atoms with Crippen molar-refractivity contribution in [2.75, 3.05) is 7.11 Å². The van der Waals surface area contributed by atoms with Crippen molar-refractivity contribution in [3.8, 4) is 21.9 Å². The normalized spacial score (nSPS) is 17.4. The second-order valence-electron chi connectivity index (χ2n) is 10.1. The molecule has 1 fully saturated rings. The lowest BCUT2D eigenvalue weighted by molar-refractivity contribution is -0.274. The number of carbonyl (C=O) groups is 2. The number of benzene rings is 2. The second kappa shape index (κ2) is 11.8. The molecule has 0 saturated heterocycles. The van der Waals surface area contributed by atoms with Crippen LogP contribution in [-0.4, -0.2) is 39.8 Å². The van der Waals surface area contributed by atoms with Crippen LogP contribution in [0.2, 0.25) is 0 Å². The number of fused-ring (bicyclic) bond motifs is 1. The fourth-order valence-electron chi connectivity index (χ4n) is 5.26. The number of hydrogen-bond donors (Lipinski definition) is 2. The average Bonchev–Trinajstić information content (AvgIpc) is 3.51. The summed E-state index contributed by atoms with van der Waals surface area (Å²) in [5.74, 6) is -0.590. The Morgan fingerprint density at radius 1 is 1.10 bits per heavy atom. The zero-order chi connectivity index (χ0) is 29.1. The molecule has 4 aromatic rings. The molecule has 12 heteroatoms. The Bertz CT molecular complexity index is 1510. The van der Waals surface area contributed by atoms with Crippen molar-refractivity contribution >= 4 is 28.2 Å². The molecule has 2 N–H and O–H groups in total. The molecule has 5 rings (SSSR count). The first-order valence-corrected chi connectivity index (χ1v) is 13.9. The maximum absolute atomic E-state index is 12.8. The number of rotatable bonds is 9. The molecule has 1 amide bonds. The molecular weight excluding hydrogens is 559 g/mol. The van der Waals surface area contributed by atoms with Gasteiger partial charge in [-0.05, 0) is 66.8 Å². The van der Waals surface area contributed by atoms with Crippen LogP contribution < -0.4 is 14.8 Å². The van der Waals surface area contributed by atoms with Crippen molar-refractivity contribution in [3.63, 3.8) is 0 Å². The number of carboxylic acids is 1. The van der Waals surface area contributed by atoms with E-state index in [1.165, 1.54) is 36.1 Å². The molecule has 1 saturated carbocycles. The van der Waals surface area contributed by atoms with E-state index < -0.39 is 24.0 Å². The van der Waals surface area contributed by atoms with E-state index in [-0.39, 0.29) is 24.6 Å². The number of imidazole rings is 1. The summed E-state index contributed by atoms with van der Waals surface area (Å²) < 4.78 is 48.7. The monoisotopic (exact) mass is 587 g/mol. The quantitative estimate of drug-likeness (QED) is 0.227. The molecule has 0 atom stereocenters. The molecule has 0 aliphatic heterocycles. The molecule has 1 aliphatic rings. The van der Waals surface area contributed by atoms with E-state index in [0.29, 0.717) is 22.2 Å². The maximum Gasteiger partial charge on any atom is 0.573 e. The van der Waals surface area contributed by atoms with Gasteiger partial charge in [-0.15, -0.1) is 13.2 Å². The van der Waals surface area contributed by atoms with Gasteiger partial charge in [-0.2, -0.15) is 0 Å². The van der Waals surface area contributed by atoms with Gasteiger partial charge in [0.15, 0.2) is 4.96 Å². The van der Waals surface area contributed by atoms with Crippen LogP contribution in [0.15, 0.2) is 54.9 Å². The number of aromatic nitrogens is 2. The number of carboxylic acid groups (broad SMARTS) is 1. The van der Waals surface area contributed by atoms with Gasteiger partial charge < -0.3 is 19.9 Å². The third kappa shape index (κ3) is 6.99. The molecule has 2 aromatic carbocycles. The SMILES string of the molecule is COc1ccc(OC(F)(F)F)cc1CNC(=O)c1cn2cc(-c3ccc([C@H]4CC[C@H](CC(=O)O)CC4)cc3)sc2n1. The number of hydrogen-bond acceptors (Lipinski definition) is 6. The number of alkyl halides is 3. The van der Waals surface area contributed by atoms with E-state index in [9.17, 15) is 22.8 Å². The highest BCUT2D eigenvalue weighted by molar-refractivity contribution is 7.20. The average molecular weight is 588 g/mol. The third-order valence-electron chi connectivity index (χ3n) is 7.29. The summed E-state index contributed by atoms with van der Waals surface area (Å²) in [5.41, 5.74) is 2.79. The fourth-order valence-corrected chi connectivity index (χ4v) is 6.23. The van der Waals surface area contributed by atoms with E-state index in [0.717, 1.165) is 42.2 Å². The standard InChI is InChI=1S/C29H28F3N3O5S/c1-39-24-11-10-22(40-29(30,31)32)13-21(24)14-33-27(38)23-15-35-16-25(41-28(35)34-23)20-8-6-19(7-9-20)18-4-2-17(3-5-18)12-26(36)37/h6-11,13,15-18H,2-5,12,14H2,1H3,(H,33,38)(H,36,37)/t17-,18-. The van der Waals surface area contributed by atoms with Gasteiger partial charge in [-0.3, -0.25) is 14.0 Å².